The summed E-state index contributed by atoms with van der Waals surface area (Å²) in [5.74, 6) is -0.816. The van der Waals surface area contributed by atoms with Gasteiger partial charge in [-0.15, -0.1) is 0 Å². The largest absolute Gasteiger partial charge is 0.480 e. The number of hydrogen-bond donors (Lipinski definition) is 4. The van der Waals surface area contributed by atoms with Gasteiger partial charge in [0.05, 0.1) is 6.04 Å². The number of aliphatic carboxylic acids is 1. The Bertz CT molecular complexity index is 426. The molecule has 2 rings (SSSR count). The minimum Gasteiger partial charge on any atom is -0.480 e. The fourth-order valence-electron chi connectivity index (χ4n) is 3.06. The Morgan fingerprint density at radius 3 is 2.75 bits per heavy atom. The first-order chi connectivity index (χ1) is 9.41. The van der Waals surface area contributed by atoms with E-state index in [4.69, 9.17) is 0 Å². The predicted molar refractivity (Wildman–Crippen MR) is 71.1 cm³/mol. The first-order valence-corrected chi connectivity index (χ1v) is 7.00. The molecule has 7 heteroatoms. The molecule has 0 aromatic rings. The van der Waals surface area contributed by atoms with Gasteiger partial charge in [0.1, 0.15) is 5.54 Å². The van der Waals surface area contributed by atoms with Gasteiger partial charge in [0.2, 0.25) is 5.91 Å². The molecule has 3 atom stereocenters. The van der Waals surface area contributed by atoms with Gasteiger partial charge in [-0.25, -0.2) is 9.59 Å². The van der Waals surface area contributed by atoms with Crippen LogP contribution in [0.4, 0.5) is 4.79 Å². The van der Waals surface area contributed by atoms with Crippen molar-refractivity contribution in [2.24, 2.45) is 5.92 Å². The predicted octanol–water partition coefficient (Wildman–Crippen LogP) is 0.208. The number of amides is 3. The zero-order chi connectivity index (χ0) is 14.8. The highest BCUT2D eigenvalue weighted by molar-refractivity contribution is 5.87. The van der Waals surface area contributed by atoms with E-state index >= 15 is 0 Å². The molecule has 7 nitrogen and oxygen atoms in total. The highest BCUT2D eigenvalue weighted by Crippen LogP contribution is 2.32. The van der Waals surface area contributed by atoms with Crippen molar-refractivity contribution in [2.75, 3.05) is 6.54 Å². The fraction of sp³-hybridized carbons (Fsp3) is 0.769. The van der Waals surface area contributed by atoms with Crippen molar-refractivity contribution < 1.29 is 19.5 Å². The highest BCUT2D eigenvalue weighted by Gasteiger charge is 2.43. The first kappa shape index (κ1) is 14.6. The third-order valence-electron chi connectivity index (χ3n) is 4.07. The Kier molecular flexibility index (Phi) is 4.15. The molecule has 1 heterocycles. The normalized spacial score (nSPS) is 33.4. The molecule has 0 aromatic carbocycles. The van der Waals surface area contributed by atoms with Crippen LogP contribution in [-0.2, 0) is 9.59 Å². The first-order valence-electron chi connectivity index (χ1n) is 7.00. The Morgan fingerprint density at radius 2 is 2.20 bits per heavy atom. The molecule has 0 spiro atoms. The van der Waals surface area contributed by atoms with Crippen LogP contribution in [0.3, 0.4) is 0 Å². The lowest BCUT2D eigenvalue weighted by Crippen LogP contribution is -2.60. The zero-order valence-corrected chi connectivity index (χ0v) is 11.6. The van der Waals surface area contributed by atoms with Crippen LogP contribution in [0, 0.1) is 5.92 Å². The van der Waals surface area contributed by atoms with Crippen molar-refractivity contribution in [2.45, 2.75) is 50.6 Å². The molecular formula is C13H21N3O4. The van der Waals surface area contributed by atoms with Crippen LogP contribution in [0.15, 0.2) is 0 Å². The SMILES string of the molecule is CC1CCCC(NC(=O)NC2CNC(=O)C2)(C(=O)O)C1. The van der Waals surface area contributed by atoms with Gasteiger partial charge in [-0.1, -0.05) is 19.8 Å². The van der Waals surface area contributed by atoms with E-state index in [1.54, 1.807) is 0 Å². The van der Waals surface area contributed by atoms with Crippen molar-refractivity contribution >= 4 is 17.9 Å². The average molecular weight is 283 g/mol. The molecule has 1 saturated carbocycles. The van der Waals surface area contributed by atoms with Gasteiger partial charge >= 0.3 is 12.0 Å². The van der Waals surface area contributed by atoms with Crippen LogP contribution in [0.5, 0.6) is 0 Å². The number of carboxylic acid groups (broad SMARTS) is 1. The van der Waals surface area contributed by atoms with Gasteiger partial charge in [-0.2, -0.15) is 0 Å². The number of urea groups is 1. The second-order valence-corrected chi connectivity index (χ2v) is 5.89. The van der Waals surface area contributed by atoms with E-state index in [9.17, 15) is 19.5 Å². The van der Waals surface area contributed by atoms with E-state index < -0.39 is 17.5 Å². The lowest BCUT2D eigenvalue weighted by Gasteiger charge is -2.37. The van der Waals surface area contributed by atoms with E-state index in [-0.39, 0.29) is 24.3 Å². The second kappa shape index (κ2) is 5.68. The maximum absolute atomic E-state index is 12.0. The zero-order valence-electron chi connectivity index (χ0n) is 11.6. The minimum atomic E-state index is -1.18. The molecule has 4 N–H and O–H groups in total. The number of rotatable bonds is 3. The summed E-state index contributed by atoms with van der Waals surface area (Å²) in [4.78, 5) is 34.6. The minimum absolute atomic E-state index is 0.102. The number of carbonyl (C=O) groups excluding carboxylic acids is 2. The average Bonchev–Trinajstić information content (AvgIpc) is 2.74. The molecule has 0 radical (unpaired) electrons. The Hall–Kier alpha value is -1.79. The van der Waals surface area contributed by atoms with E-state index in [2.05, 4.69) is 16.0 Å². The van der Waals surface area contributed by atoms with E-state index in [1.807, 2.05) is 6.92 Å². The van der Waals surface area contributed by atoms with Gasteiger partial charge in [-0.05, 0) is 18.8 Å². The molecule has 1 aliphatic carbocycles. The van der Waals surface area contributed by atoms with Gasteiger partial charge in [0, 0.05) is 13.0 Å². The summed E-state index contributed by atoms with van der Waals surface area (Å²) < 4.78 is 0. The third kappa shape index (κ3) is 3.20. The van der Waals surface area contributed by atoms with E-state index in [0.717, 1.165) is 12.8 Å². The van der Waals surface area contributed by atoms with Crippen molar-refractivity contribution in [3.8, 4) is 0 Å². The summed E-state index contributed by atoms with van der Waals surface area (Å²) in [5, 5.41) is 17.3. The molecule has 2 aliphatic rings. The molecule has 0 bridgehead atoms. The van der Waals surface area contributed by atoms with Crippen molar-refractivity contribution in [3.05, 3.63) is 0 Å². The van der Waals surface area contributed by atoms with E-state index in [1.165, 1.54) is 0 Å². The fourth-order valence-corrected chi connectivity index (χ4v) is 3.06. The number of hydrogen-bond acceptors (Lipinski definition) is 3. The maximum Gasteiger partial charge on any atom is 0.329 e. The summed E-state index contributed by atoms with van der Waals surface area (Å²) in [6.45, 7) is 2.39. The topological polar surface area (TPSA) is 108 Å². The molecule has 2 fully saturated rings. The molecule has 1 aliphatic heterocycles. The maximum atomic E-state index is 12.0. The van der Waals surface area contributed by atoms with Crippen molar-refractivity contribution in [3.63, 3.8) is 0 Å². The summed E-state index contributed by atoms with van der Waals surface area (Å²) >= 11 is 0. The molecule has 1 saturated heterocycles. The standard InChI is InChI=1S/C13H21N3O4/c1-8-3-2-4-13(6-8,11(18)19)16-12(20)15-9-5-10(17)14-7-9/h8-9H,2-7H2,1H3,(H,14,17)(H,18,19)(H2,15,16,20). The number of carbonyl (C=O) groups is 3. The molecule has 112 valence electrons. The van der Waals surface area contributed by atoms with Crippen LogP contribution in [0.25, 0.3) is 0 Å². The lowest BCUT2D eigenvalue weighted by molar-refractivity contribution is -0.146. The van der Waals surface area contributed by atoms with Gasteiger partial charge in [-0.3, -0.25) is 4.79 Å². The van der Waals surface area contributed by atoms with E-state index in [0.29, 0.717) is 19.4 Å². The smallest absolute Gasteiger partial charge is 0.329 e. The monoisotopic (exact) mass is 283 g/mol. The Morgan fingerprint density at radius 1 is 1.45 bits per heavy atom. The van der Waals surface area contributed by atoms with Crippen LogP contribution >= 0.6 is 0 Å². The Labute approximate surface area is 117 Å². The molecular weight excluding hydrogens is 262 g/mol. The molecule has 3 amide bonds. The van der Waals surface area contributed by atoms with Crippen LogP contribution in [0.2, 0.25) is 0 Å². The summed E-state index contributed by atoms with van der Waals surface area (Å²) in [5.41, 5.74) is -1.18. The van der Waals surface area contributed by atoms with Crippen LogP contribution in [0.1, 0.15) is 39.0 Å². The highest BCUT2D eigenvalue weighted by atomic mass is 16.4. The van der Waals surface area contributed by atoms with Gasteiger partial charge in [0.25, 0.3) is 0 Å². The Balaban J connectivity index is 1.95. The molecule has 20 heavy (non-hydrogen) atoms. The summed E-state index contributed by atoms with van der Waals surface area (Å²) in [6.07, 6.45) is 2.90. The third-order valence-corrected chi connectivity index (χ3v) is 4.07. The second-order valence-electron chi connectivity index (χ2n) is 5.89. The lowest BCUT2D eigenvalue weighted by atomic mass is 9.76. The van der Waals surface area contributed by atoms with Gasteiger partial charge in [0.15, 0.2) is 0 Å². The summed E-state index contributed by atoms with van der Waals surface area (Å²) in [7, 11) is 0. The van der Waals surface area contributed by atoms with Crippen LogP contribution in [-0.4, -0.2) is 41.1 Å². The number of nitrogens with one attached hydrogen (secondary N) is 3. The molecule has 3 unspecified atom stereocenters. The molecule has 0 aromatic heterocycles. The number of carboxylic acids is 1. The van der Waals surface area contributed by atoms with Crippen molar-refractivity contribution in [1.82, 2.24) is 16.0 Å². The van der Waals surface area contributed by atoms with Crippen molar-refractivity contribution in [1.29, 1.82) is 0 Å². The quantitative estimate of drug-likeness (QED) is 0.593. The summed E-state index contributed by atoms with van der Waals surface area (Å²) in [6, 6.07) is -0.780. The van der Waals surface area contributed by atoms with Crippen LogP contribution < -0.4 is 16.0 Å². The van der Waals surface area contributed by atoms with Gasteiger partial charge < -0.3 is 21.1 Å².